The number of hydrogen-bond donors (Lipinski definition) is 1. The van der Waals surface area contributed by atoms with Gasteiger partial charge in [-0.05, 0) is 65.4 Å². The normalized spacial score (nSPS) is 21.1. The number of benzene rings is 3. The van der Waals surface area contributed by atoms with Gasteiger partial charge in [0.1, 0.15) is 17.2 Å². The van der Waals surface area contributed by atoms with E-state index in [2.05, 4.69) is 59.5 Å². The molecule has 6 rings (SSSR count). The molecule has 3 aromatic rings. The number of aryl methyl sites for hydroxylation is 1. The second-order valence-electron chi connectivity index (χ2n) is 7.89. The lowest BCUT2D eigenvalue weighted by Gasteiger charge is -2.45. The number of fused-ring (bicyclic) bond motifs is 3. The predicted octanol–water partition coefficient (Wildman–Crippen LogP) is 4.21. The second kappa shape index (κ2) is 5.46. The highest BCUT2D eigenvalue weighted by Gasteiger charge is 2.48. The van der Waals surface area contributed by atoms with Crippen molar-refractivity contribution in [3.05, 3.63) is 71.8 Å². The molecule has 1 atom stereocenters. The molecule has 0 bridgehead atoms. The molecule has 0 radical (unpaired) electrons. The van der Waals surface area contributed by atoms with Crippen molar-refractivity contribution >= 4 is 11.5 Å². The zero-order chi connectivity index (χ0) is 18.9. The standard InChI is InChI=1S/C24H21N3O/c1-28-18-7-8-19-20-12-17(15-5-3-2-4-6-15)11-16-9-10-24(25)14-26-23(21(19)13-18)27(24)22(16)20/h2-8,11-13H,9-10,14,25H2,1H3. The monoisotopic (exact) mass is 367 g/mol. The van der Waals surface area contributed by atoms with Crippen LogP contribution in [-0.4, -0.2) is 25.2 Å². The van der Waals surface area contributed by atoms with Crippen molar-refractivity contribution in [2.45, 2.75) is 18.5 Å². The molecule has 0 fully saturated rings. The van der Waals surface area contributed by atoms with Gasteiger partial charge in [-0.2, -0.15) is 0 Å². The molecular weight excluding hydrogens is 346 g/mol. The maximum atomic E-state index is 6.83. The molecular formula is C24H21N3O. The zero-order valence-electron chi connectivity index (χ0n) is 15.8. The number of hydrogen-bond acceptors (Lipinski definition) is 4. The Bertz CT molecular complexity index is 1150. The number of nitrogens with zero attached hydrogens (tertiary/aromatic N) is 2. The fourth-order valence-corrected chi connectivity index (χ4v) is 4.86. The molecule has 138 valence electrons. The van der Waals surface area contributed by atoms with Crippen LogP contribution in [0.4, 0.5) is 5.69 Å². The van der Waals surface area contributed by atoms with Gasteiger partial charge in [0.05, 0.1) is 19.3 Å². The van der Waals surface area contributed by atoms with Crippen LogP contribution in [0, 0.1) is 0 Å². The van der Waals surface area contributed by atoms with Gasteiger partial charge in [-0.25, -0.2) is 0 Å². The summed E-state index contributed by atoms with van der Waals surface area (Å²) in [7, 11) is 1.70. The molecule has 3 aliphatic heterocycles. The molecule has 4 heteroatoms. The van der Waals surface area contributed by atoms with Crippen molar-refractivity contribution in [3.63, 3.8) is 0 Å². The van der Waals surface area contributed by atoms with Crippen molar-refractivity contribution < 1.29 is 4.74 Å². The van der Waals surface area contributed by atoms with E-state index in [0.29, 0.717) is 6.54 Å². The third-order valence-electron chi connectivity index (χ3n) is 6.26. The number of nitrogens with two attached hydrogens (primary N) is 1. The summed E-state index contributed by atoms with van der Waals surface area (Å²) < 4.78 is 5.49. The van der Waals surface area contributed by atoms with Gasteiger partial charge in [0.2, 0.25) is 0 Å². The topological polar surface area (TPSA) is 50.9 Å². The van der Waals surface area contributed by atoms with Crippen molar-refractivity contribution in [3.8, 4) is 28.0 Å². The first-order valence-corrected chi connectivity index (χ1v) is 9.73. The van der Waals surface area contributed by atoms with Crippen molar-refractivity contribution in [1.29, 1.82) is 0 Å². The number of aliphatic imine (C=N–C) groups is 1. The largest absolute Gasteiger partial charge is 0.497 e. The lowest BCUT2D eigenvalue weighted by Crippen LogP contribution is -2.60. The van der Waals surface area contributed by atoms with Crippen LogP contribution in [-0.2, 0) is 6.42 Å². The van der Waals surface area contributed by atoms with Crippen molar-refractivity contribution in [2.24, 2.45) is 10.7 Å². The van der Waals surface area contributed by atoms with Crippen LogP contribution in [0.2, 0.25) is 0 Å². The predicted molar refractivity (Wildman–Crippen MR) is 113 cm³/mol. The van der Waals surface area contributed by atoms with E-state index >= 15 is 0 Å². The molecule has 0 saturated carbocycles. The Balaban J connectivity index is 1.67. The fourth-order valence-electron chi connectivity index (χ4n) is 4.86. The molecule has 4 nitrogen and oxygen atoms in total. The van der Waals surface area contributed by atoms with Gasteiger partial charge < -0.3 is 15.4 Å². The average Bonchev–Trinajstić information content (AvgIpc) is 3.11. The highest BCUT2D eigenvalue weighted by Crippen LogP contribution is 2.51. The van der Waals surface area contributed by atoms with E-state index in [0.717, 1.165) is 30.0 Å². The summed E-state index contributed by atoms with van der Waals surface area (Å²) in [5.41, 5.74) is 15.0. The van der Waals surface area contributed by atoms with E-state index in [9.17, 15) is 0 Å². The maximum Gasteiger partial charge on any atom is 0.137 e. The molecule has 0 spiro atoms. The Labute approximate surface area is 164 Å². The number of ether oxygens (including phenoxy) is 1. The van der Waals surface area contributed by atoms with Crippen molar-refractivity contribution in [1.82, 2.24) is 0 Å². The summed E-state index contributed by atoms with van der Waals surface area (Å²) in [4.78, 5) is 7.16. The number of methoxy groups -OCH3 is 1. The minimum atomic E-state index is -0.424. The van der Waals surface area contributed by atoms with Crippen molar-refractivity contribution in [2.75, 3.05) is 18.6 Å². The Kier molecular flexibility index (Phi) is 3.10. The first-order valence-electron chi connectivity index (χ1n) is 9.73. The van der Waals surface area contributed by atoms with E-state index in [1.165, 1.54) is 33.5 Å². The van der Waals surface area contributed by atoms with Gasteiger partial charge in [0, 0.05) is 11.1 Å². The summed E-state index contributed by atoms with van der Waals surface area (Å²) in [5.74, 6) is 1.83. The van der Waals surface area contributed by atoms with Gasteiger partial charge in [0.15, 0.2) is 0 Å². The fraction of sp³-hybridized carbons (Fsp3) is 0.208. The molecule has 3 heterocycles. The van der Waals surface area contributed by atoms with Gasteiger partial charge in [-0.1, -0.05) is 30.3 Å². The van der Waals surface area contributed by atoms with E-state index in [1.54, 1.807) is 7.11 Å². The Morgan fingerprint density at radius 1 is 0.964 bits per heavy atom. The van der Waals surface area contributed by atoms with E-state index in [-0.39, 0.29) is 0 Å². The summed E-state index contributed by atoms with van der Waals surface area (Å²) in [6, 6.07) is 21.5. The van der Waals surface area contributed by atoms with E-state index < -0.39 is 5.66 Å². The summed E-state index contributed by atoms with van der Waals surface area (Å²) in [6.45, 7) is 0.637. The molecule has 0 aliphatic carbocycles. The smallest absolute Gasteiger partial charge is 0.137 e. The lowest BCUT2D eigenvalue weighted by molar-refractivity contribution is 0.414. The molecule has 2 N–H and O–H groups in total. The zero-order valence-corrected chi connectivity index (χ0v) is 15.8. The number of anilines is 1. The Morgan fingerprint density at radius 3 is 2.64 bits per heavy atom. The van der Waals surface area contributed by atoms with Gasteiger partial charge in [-0.15, -0.1) is 0 Å². The highest BCUT2D eigenvalue weighted by atomic mass is 16.5. The summed E-state index contributed by atoms with van der Waals surface area (Å²) in [5, 5.41) is 0. The Hall–Kier alpha value is -3.11. The second-order valence-corrected chi connectivity index (χ2v) is 7.89. The van der Waals surface area contributed by atoms with Crippen LogP contribution in [0.1, 0.15) is 17.5 Å². The van der Waals surface area contributed by atoms with E-state index in [4.69, 9.17) is 15.5 Å². The molecule has 0 aromatic heterocycles. The van der Waals surface area contributed by atoms with Crippen LogP contribution in [0.5, 0.6) is 5.75 Å². The van der Waals surface area contributed by atoms with Crippen LogP contribution in [0.3, 0.4) is 0 Å². The van der Waals surface area contributed by atoms with Gasteiger partial charge >= 0.3 is 0 Å². The third-order valence-corrected chi connectivity index (χ3v) is 6.26. The quantitative estimate of drug-likeness (QED) is 0.738. The van der Waals surface area contributed by atoms with Gasteiger partial charge in [-0.3, -0.25) is 4.99 Å². The van der Waals surface area contributed by atoms with E-state index in [1.807, 2.05) is 6.07 Å². The highest BCUT2D eigenvalue weighted by molar-refractivity contribution is 6.22. The minimum Gasteiger partial charge on any atom is -0.497 e. The van der Waals surface area contributed by atoms with Crippen LogP contribution < -0.4 is 15.4 Å². The minimum absolute atomic E-state index is 0.424. The first kappa shape index (κ1) is 15.9. The van der Waals surface area contributed by atoms with Gasteiger partial charge in [0.25, 0.3) is 0 Å². The molecule has 0 amide bonds. The molecule has 28 heavy (non-hydrogen) atoms. The number of rotatable bonds is 2. The lowest BCUT2D eigenvalue weighted by atomic mass is 9.81. The van der Waals surface area contributed by atoms with Crippen LogP contribution >= 0.6 is 0 Å². The SMILES string of the molecule is COc1ccc2c(c1)C1=NCC3(N)CCc4cc(-c5ccccc5)cc-2c4N13. The molecule has 1 unspecified atom stereocenters. The van der Waals surface area contributed by atoms with Crippen LogP contribution in [0.15, 0.2) is 65.7 Å². The first-order chi connectivity index (χ1) is 13.7. The third kappa shape index (κ3) is 2.01. The molecule has 3 aliphatic rings. The molecule has 0 saturated heterocycles. The number of amidine groups is 1. The summed E-state index contributed by atoms with van der Waals surface area (Å²) >= 11 is 0. The Morgan fingerprint density at radius 2 is 1.82 bits per heavy atom. The van der Waals surface area contributed by atoms with Crippen LogP contribution in [0.25, 0.3) is 22.3 Å². The average molecular weight is 367 g/mol. The molecule has 3 aromatic carbocycles. The maximum absolute atomic E-state index is 6.83. The summed E-state index contributed by atoms with van der Waals surface area (Å²) in [6.07, 6.45) is 1.88.